The van der Waals surface area contributed by atoms with Gasteiger partial charge in [0.05, 0.1) is 6.20 Å². The predicted molar refractivity (Wildman–Crippen MR) is 86.2 cm³/mol. The number of pyridine rings is 2. The lowest BCUT2D eigenvalue weighted by Gasteiger charge is -2.59. The summed E-state index contributed by atoms with van der Waals surface area (Å²) < 4.78 is 40.3. The molecule has 3 heterocycles. The van der Waals surface area contributed by atoms with Crippen molar-refractivity contribution in [3.05, 3.63) is 48.4 Å². The van der Waals surface area contributed by atoms with E-state index in [1.807, 2.05) is 12.3 Å². The van der Waals surface area contributed by atoms with Gasteiger partial charge in [-0.3, -0.25) is 4.98 Å². The summed E-state index contributed by atoms with van der Waals surface area (Å²) in [6.07, 6.45) is 3.60. The molecule has 1 saturated carbocycles. The molecule has 0 aromatic carbocycles. The Bertz CT molecular complexity index is 719. The van der Waals surface area contributed by atoms with Gasteiger partial charge in [-0.2, -0.15) is 0 Å². The van der Waals surface area contributed by atoms with Crippen LogP contribution >= 0.6 is 0 Å². The number of halogens is 3. The van der Waals surface area contributed by atoms with Gasteiger partial charge < -0.3 is 9.64 Å². The van der Waals surface area contributed by atoms with Crippen molar-refractivity contribution in [2.24, 2.45) is 11.3 Å². The number of rotatable bonds is 4. The Balaban J connectivity index is 1.27. The fourth-order valence-electron chi connectivity index (χ4n) is 4.10. The van der Waals surface area contributed by atoms with Crippen molar-refractivity contribution in [3.63, 3.8) is 0 Å². The Morgan fingerprint density at radius 2 is 1.96 bits per heavy atom. The second-order valence-electron chi connectivity index (χ2n) is 7.10. The molecule has 0 unspecified atom stereocenters. The molecule has 0 atom stereocenters. The van der Waals surface area contributed by atoms with Gasteiger partial charge in [0.25, 0.3) is 0 Å². The molecule has 1 spiro atoms. The van der Waals surface area contributed by atoms with Crippen LogP contribution in [0.3, 0.4) is 0 Å². The van der Waals surface area contributed by atoms with E-state index in [2.05, 4.69) is 25.7 Å². The third kappa shape index (κ3) is 3.55. The highest BCUT2D eigenvalue weighted by molar-refractivity contribution is 5.45. The van der Waals surface area contributed by atoms with Crippen LogP contribution in [0.25, 0.3) is 0 Å². The van der Waals surface area contributed by atoms with Gasteiger partial charge in [-0.15, -0.1) is 13.2 Å². The Labute approximate surface area is 143 Å². The summed E-state index contributed by atoms with van der Waals surface area (Å²) in [5, 5.41) is 0. The monoisotopic (exact) mass is 349 g/mol. The third-order valence-corrected chi connectivity index (χ3v) is 5.02. The van der Waals surface area contributed by atoms with Gasteiger partial charge in [-0.25, -0.2) is 4.98 Å². The number of hydrogen-bond acceptors (Lipinski definition) is 4. The largest absolute Gasteiger partial charge is 0.573 e. The average molecular weight is 349 g/mol. The molecular formula is C18H18F3N3O. The molecule has 25 heavy (non-hydrogen) atoms. The molecule has 132 valence electrons. The second kappa shape index (κ2) is 5.89. The lowest BCUT2D eigenvalue weighted by molar-refractivity contribution is -0.274. The van der Waals surface area contributed by atoms with E-state index in [0.29, 0.717) is 17.2 Å². The third-order valence-electron chi connectivity index (χ3n) is 5.02. The van der Waals surface area contributed by atoms with E-state index in [0.717, 1.165) is 25.7 Å². The summed E-state index contributed by atoms with van der Waals surface area (Å²) in [4.78, 5) is 10.3. The number of hydrogen-bond donors (Lipinski definition) is 0. The van der Waals surface area contributed by atoms with E-state index >= 15 is 0 Å². The minimum absolute atomic E-state index is 0.285. The number of ether oxygens (including phenoxy) is 1. The van der Waals surface area contributed by atoms with Gasteiger partial charge in [0.15, 0.2) is 0 Å². The molecule has 2 aromatic rings. The second-order valence-corrected chi connectivity index (χ2v) is 7.10. The zero-order valence-electron chi connectivity index (χ0n) is 13.5. The normalized spacial score (nSPS) is 19.4. The SMILES string of the molecule is FC(F)(F)Oc1ccc(N2CC3(CC(Cc4cccnc4)C3)C2)nc1. The number of nitrogens with zero attached hydrogens (tertiary/aromatic N) is 3. The van der Waals surface area contributed by atoms with E-state index in [-0.39, 0.29) is 5.75 Å². The number of alkyl halides is 3. The fraction of sp³-hybridized carbons (Fsp3) is 0.444. The maximum Gasteiger partial charge on any atom is 0.573 e. The zero-order valence-corrected chi connectivity index (χ0v) is 13.5. The molecule has 1 aliphatic carbocycles. The van der Waals surface area contributed by atoms with Gasteiger partial charge in [0.2, 0.25) is 0 Å². The van der Waals surface area contributed by atoms with Gasteiger partial charge in [-0.1, -0.05) is 6.07 Å². The van der Waals surface area contributed by atoms with Crippen molar-refractivity contribution in [3.8, 4) is 5.75 Å². The first kappa shape index (κ1) is 16.2. The molecule has 1 aliphatic heterocycles. The maximum atomic E-state index is 12.2. The topological polar surface area (TPSA) is 38.2 Å². The van der Waals surface area contributed by atoms with Crippen molar-refractivity contribution >= 4 is 5.82 Å². The molecule has 0 N–H and O–H groups in total. The van der Waals surface area contributed by atoms with E-state index in [9.17, 15) is 13.2 Å². The van der Waals surface area contributed by atoms with Gasteiger partial charge in [-0.05, 0) is 48.9 Å². The summed E-state index contributed by atoms with van der Waals surface area (Å²) in [5.74, 6) is 1.12. The zero-order chi connectivity index (χ0) is 17.5. The summed E-state index contributed by atoms with van der Waals surface area (Å²) in [7, 11) is 0. The van der Waals surface area contributed by atoms with Crippen LogP contribution in [0.5, 0.6) is 5.75 Å². The Kier molecular flexibility index (Phi) is 3.81. The molecule has 4 nitrogen and oxygen atoms in total. The summed E-state index contributed by atoms with van der Waals surface area (Å²) >= 11 is 0. The molecule has 0 amide bonds. The maximum absolute atomic E-state index is 12.2. The van der Waals surface area contributed by atoms with Gasteiger partial charge >= 0.3 is 6.36 Å². The van der Waals surface area contributed by atoms with Crippen LogP contribution in [0.1, 0.15) is 18.4 Å². The first-order chi connectivity index (χ1) is 11.9. The van der Waals surface area contributed by atoms with Crippen molar-refractivity contribution in [1.29, 1.82) is 0 Å². The molecule has 7 heteroatoms. The Morgan fingerprint density at radius 3 is 2.56 bits per heavy atom. The molecule has 4 rings (SSSR count). The van der Waals surface area contributed by atoms with Gasteiger partial charge in [0, 0.05) is 30.9 Å². The van der Waals surface area contributed by atoms with Crippen molar-refractivity contribution < 1.29 is 17.9 Å². The van der Waals surface area contributed by atoms with E-state index < -0.39 is 6.36 Å². The van der Waals surface area contributed by atoms with E-state index in [1.165, 1.54) is 24.5 Å². The smallest absolute Gasteiger partial charge is 0.404 e. The van der Waals surface area contributed by atoms with Crippen LogP contribution in [-0.2, 0) is 6.42 Å². The van der Waals surface area contributed by atoms with E-state index in [4.69, 9.17) is 0 Å². The average Bonchev–Trinajstić information content (AvgIpc) is 2.49. The molecule has 2 fully saturated rings. The van der Waals surface area contributed by atoms with Crippen LogP contribution < -0.4 is 9.64 Å². The predicted octanol–water partition coefficient (Wildman–Crippen LogP) is 3.83. The summed E-state index contributed by atoms with van der Waals surface area (Å²) in [6.45, 7) is 1.84. The van der Waals surface area contributed by atoms with Crippen LogP contribution in [0.15, 0.2) is 42.9 Å². The standard InChI is InChI=1S/C18H18F3N3O/c19-18(20,21)25-15-3-4-16(23-10-15)24-11-17(12-24)7-14(8-17)6-13-2-1-5-22-9-13/h1-5,9-10,14H,6-8,11-12H2. The van der Waals surface area contributed by atoms with Crippen LogP contribution in [-0.4, -0.2) is 29.4 Å². The van der Waals surface area contributed by atoms with Crippen LogP contribution in [0.2, 0.25) is 0 Å². The fourth-order valence-corrected chi connectivity index (χ4v) is 4.10. The van der Waals surface area contributed by atoms with Crippen molar-refractivity contribution in [2.45, 2.75) is 25.6 Å². The lowest BCUT2D eigenvalue weighted by atomic mass is 9.56. The summed E-state index contributed by atoms with van der Waals surface area (Å²) in [6, 6.07) is 6.97. The quantitative estimate of drug-likeness (QED) is 0.841. The minimum atomic E-state index is -4.68. The lowest BCUT2D eigenvalue weighted by Crippen LogP contribution is -2.62. The first-order valence-electron chi connectivity index (χ1n) is 8.27. The first-order valence-corrected chi connectivity index (χ1v) is 8.27. The van der Waals surface area contributed by atoms with Crippen molar-refractivity contribution in [2.75, 3.05) is 18.0 Å². The molecular weight excluding hydrogens is 331 g/mol. The minimum Gasteiger partial charge on any atom is -0.404 e. The van der Waals surface area contributed by atoms with Gasteiger partial charge in [0.1, 0.15) is 11.6 Å². The Morgan fingerprint density at radius 1 is 1.16 bits per heavy atom. The molecule has 0 bridgehead atoms. The molecule has 1 saturated heterocycles. The highest BCUT2D eigenvalue weighted by Gasteiger charge is 2.52. The highest BCUT2D eigenvalue weighted by atomic mass is 19.4. The molecule has 2 aliphatic rings. The highest BCUT2D eigenvalue weighted by Crippen LogP contribution is 2.53. The molecule has 2 aromatic heterocycles. The van der Waals surface area contributed by atoms with Crippen LogP contribution in [0.4, 0.5) is 19.0 Å². The Hall–Kier alpha value is -2.31. The summed E-state index contributed by atoms with van der Waals surface area (Å²) in [5.41, 5.74) is 1.64. The number of anilines is 1. The number of aromatic nitrogens is 2. The molecule has 0 radical (unpaired) electrons. The van der Waals surface area contributed by atoms with E-state index in [1.54, 1.807) is 12.3 Å². The van der Waals surface area contributed by atoms with Crippen LogP contribution in [0, 0.1) is 11.3 Å². The van der Waals surface area contributed by atoms with Crippen molar-refractivity contribution in [1.82, 2.24) is 9.97 Å².